The zero-order valence-electron chi connectivity index (χ0n) is 14.7. The molecule has 2 aliphatic carbocycles. The average Bonchev–Trinajstić information content (AvgIpc) is 2.84. The second-order valence-corrected chi connectivity index (χ2v) is 8.91. The molecule has 1 saturated carbocycles. The zero-order chi connectivity index (χ0) is 16.9. The number of aryl methyl sites for hydroxylation is 2. The summed E-state index contributed by atoms with van der Waals surface area (Å²) in [7, 11) is 1.92. The van der Waals surface area contributed by atoms with E-state index < -0.39 is 0 Å². The van der Waals surface area contributed by atoms with Crippen molar-refractivity contribution in [3.63, 3.8) is 0 Å². The summed E-state index contributed by atoms with van der Waals surface area (Å²) in [6.07, 6.45) is 3.83. The third kappa shape index (κ3) is 2.63. The van der Waals surface area contributed by atoms with Crippen LogP contribution in [0.3, 0.4) is 0 Å². The fourth-order valence-corrected chi connectivity index (χ4v) is 5.47. The van der Waals surface area contributed by atoms with Crippen LogP contribution in [0, 0.1) is 24.2 Å². The molecule has 5 heteroatoms. The Morgan fingerprint density at radius 3 is 2.61 bits per heavy atom. The van der Waals surface area contributed by atoms with Gasteiger partial charge in [0.15, 0.2) is 0 Å². The number of nitrogens with zero attached hydrogens (tertiary/aromatic N) is 2. The van der Waals surface area contributed by atoms with Gasteiger partial charge < -0.3 is 4.90 Å². The van der Waals surface area contributed by atoms with E-state index in [1.165, 1.54) is 10.6 Å². The SMILES string of the molecule is CC(=O)[C@@H]1C[C@H](C(=O)N(C)C2CCCc3nc(C)sc32)C1(C)C. The molecule has 4 nitrogen and oxygen atoms in total. The number of rotatable bonds is 3. The summed E-state index contributed by atoms with van der Waals surface area (Å²) < 4.78 is 0. The first-order valence-electron chi connectivity index (χ1n) is 8.46. The molecule has 0 bridgehead atoms. The van der Waals surface area contributed by atoms with E-state index in [9.17, 15) is 9.59 Å². The van der Waals surface area contributed by atoms with Crippen LogP contribution >= 0.6 is 11.3 Å². The molecule has 1 fully saturated rings. The summed E-state index contributed by atoms with van der Waals surface area (Å²) in [4.78, 5) is 32.6. The van der Waals surface area contributed by atoms with Crippen LogP contribution in [-0.2, 0) is 16.0 Å². The molecule has 1 unspecified atom stereocenters. The van der Waals surface area contributed by atoms with E-state index in [0.29, 0.717) is 6.42 Å². The lowest BCUT2D eigenvalue weighted by atomic mass is 9.53. The number of aromatic nitrogens is 1. The molecule has 1 amide bonds. The maximum atomic E-state index is 13.0. The van der Waals surface area contributed by atoms with Gasteiger partial charge in [0.1, 0.15) is 5.78 Å². The largest absolute Gasteiger partial charge is 0.338 e. The molecule has 2 aliphatic rings. The Labute approximate surface area is 142 Å². The highest BCUT2D eigenvalue weighted by atomic mass is 32.1. The predicted octanol–water partition coefficient (Wildman–Crippen LogP) is 3.54. The minimum atomic E-state index is -0.224. The number of hydrogen-bond donors (Lipinski definition) is 0. The van der Waals surface area contributed by atoms with Crippen molar-refractivity contribution >= 4 is 23.0 Å². The van der Waals surface area contributed by atoms with Gasteiger partial charge in [-0.25, -0.2) is 4.98 Å². The van der Waals surface area contributed by atoms with E-state index in [1.54, 1.807) is 18.3 Å². The van der Waals surface area contributed by atoms with Gasteiger partial charge in [0.25, 0.3) is 0 Å². The second kappa shape index (κ2) is 5.69. The Balaban J connectivity index is 1.78. The van der Waals surface area contributed by atoms with Gasteiger partial charge in [-0.3, -0.25) is 9.59 Å². The number of carbonyl (C=O) groups is 2. The number of ketones is 1. The topological polar surface area (TPSA) is 50.3 Å². The molecular weight excluding hydrogens is 308 g/mol. The molecule has 0 saturated heterocycles. The van der Waals surface area contributed by atoms with Gasteiger partial charge in [-0.15, -0.1) is 11.3 Å². The molecule has 0 N–H and O–H groups in total. The number of Topliss-reactive ketones (excluding diaryl/α,β-unsaturated/α-hetero) is 1. The summed E-state index contributed by atoms with van der Waals surface area (Å²) in [6.45, 7) is 7.79. The van der Waals surface area contributed by atoms with Crippen LogP contribution in [0.4, 0.5) is 0 Å². The van der Waals surface area contributed by atoms with E-state index in [1.807, 2.05) is 18.9 Å². The van der Waals surface area contributed by atoms with Crippen molar-refractivity contribution < 1.29 is 9.59 Å². The van der Waals surface area contributed by atoms with Crippen molar-refractivity contribution in [2.45, 2.75) is 59.4 Å². The highest BCUT2D eigenvalue weighted by molar-refractivity contribution is 7.11. The summed E-state index contributed by atoms with van der Waals surface area (Å²) in [5.41, 5.74) is 0.955. The smallest absolute Gasteiger partial charge is 0.226 e. The van der Waals surface area contributed by atoms with Crippen molar-refractivity contribution in [3.8, 4) is 0 Å². The van der Waals surface area contributed by atoms with Crippen molar-refractivity contribution in [3.05, 3.63) is 15.6 Å². The zero-order valence-corrected chi connectivity index (χ0v) is 15.5. The Bertz CT molecular complexity index is 649. The molecule has 126 valence electrons. The predicted molar refractivity (Wildman–Crippen MR) is 91.4 cm³/mol. The molecule has 0 spiro atoms. The lowest BCUT2D eigenvalue weighted by Crippen LogP contribution is -2.55. The first-order chi connectivity index (χ1) is 10.7. The van der Waals surface area contributed by atoms with E-state index in [2.05, 4.69) is 18.8 Å². The van der Waals surface area contributed by atoms with E-state index in [0.717, 1.165) is 24.3 Å². The monoisotopic (exact) mass is 334 g/mol. The van der Waals surface area contributed by atoms with Gasteiger partial charge in [0, 0.05) is 18.9 Å². The van der Waals surface area contributed by atoms with Crippen molar-refractivity contribution in [1.82, 2.24) is 9.88 Å². The Morgan fingerprint density at radius 2 is 2.00 bits per heavy atom. The number of hydrogen-bond acceptors (Lipinski definition) is 4. The van der Waals surface area contributed by atoms with Gasteiger partial charge in [-0.1, -0.05) is 13.8 Å². The normalized spacial score (nSPS) is 28.7. The van der Waals surface area contributed by atoms with E-state index in [4.69, 9.17) is 0 Å². The molecule has 23 heavy (non-hydrogen) atoms. The highest BCUT2D eigenvalue weighted by Crippen LogP contribution is 2.53. The number of thiazole rings is 1. The minimum Gasteiger partial charge on any atom is -0.338 e. The summed E-state index contributed by atoms with van der Waals surface area (Å²) in [5.74, 6) is 0.384. The van der Waals surface area contributed by atoms with Gasteiger partial charge in [-0.05, 0) is 44.9 Å². The quantitative estimate of drug-likeness (QED) is 0.849. The van der Waals surface area contributed by atoms with Crippen LogP contribution in [0.5, 0.6) is 0 Å². The van der Waals surface area contributed by atoms with Gasteiger partial charge in [0.05, 0.1) is 21.6 Å². The second-order valence-electron chi connectivity index (χ2n) is 7.67. The van der Waals surface area contributed by atoms with Gasteiger partial charge in [-0.2, -0.15) is 0 Å². The number of fused-ring (bicyclic) bond motifs is 1. The third-order valence-electron chi connectivity index (χ3n) is 5.90. The fraction of sp³-hybridized carbons (Fsp3) is 0.722. The van der Waals surface area contributed by atoms with Crippen LogP contribution < -0.4 is 0 Å². The molecule has 1 aromatic heterocycles. The Kier molecular flexibility index (Phi) is 4.11. The first kappa shape index (κ1) is 16.6. The van der Waals surface area contributed by atoms with Crippen LogP contribution in [0.2, 0.25) is 0 Å². The van der Waals surface area contributed by atoms with Crippen LogP contribution in [0.25, 0.3) is 0 Å². The summed E-state index contributed by atoms with van der Waals surface area (Å²) >= 11 is 1.73. The molecule has 1 aromatic rings. The molecule has 1 heterocycles. The molecule has 0 radical (unpaired) electrons. The molecular formula is C18H26N2O2S. The van der Waals surface area contributed by atoms with E-state index in [-0.39, 0.29) is 35.0 Å². The Hall–Kier alpha value is -1.23. The molecule has 3 rings (SSSR count). The highest BCUT2D eigenvalue weighted by Gasteiger charge is 2.54. The summed E-state index contributed by atoms with van der Waals surface area (Å²) in [5, 5.41) is 1.09. The first-order valence-corrected chi connectivity index (χ1v) is 9.28. The molecule has 3 atom stereocenters. The van der Waals surface area contributed by atoms with Gasteiger partial charge in [0.2, 0.25) is 5.91 Å². The Morgan fingerprint density at radius 1 is 1.30 bits per heavy atom. The van der Waals surface area contributed by atoms with E-state index >= 15 is 0 Å². The van der Waals surface area contributed by atoms with Crippen molar-refractivity contribution in [2.75, 3.05) is 7.05 Å². The maximum absolute atomic E-state index is 13.0. The lowest BCUT2D eigenvalue weighted by Gasteiger charge is -2.51. The number of carbonyl (C=O) groups excluding carboxylic acids is 2. The average molecular weight is 334 g/mol. The van der Waals surface area contributed by atoms with Crippen molar-refractivity contribution in [1.29, 1.82) is 0 Å². The number of amides is 1. The third-order valence-corrected chi connectivity index (χ3v) is 7.01. The summed E-state index contributed by atoms with van der Waals surface area (Å²) in [6, 6.07) is 0.157. The fourth-order valence-electron chi connectivity index (χ4n) is 4.32. The van der Waals surface area contributed by atoms with Crippen LogP contribution in [-0.4, -0.2) is 28.6 Å². The standard InChI is InChI=1S/C18H26N2O2S/c1-10(21)12-9-13(18(12,3)4)17(22)20(5)15-8-6-7-14-16(15)23-11(2)19-14/h12-13,15H,6-9H2,1-5H3/t12-,13+,15?/m0/s1. The van der Waals surface area contributed by atoms with Crippen LogP contribution in [0.15, 0.2) is 0 Å². The van der Waals surface area contributed by atoms with Gasteiger partial charge >= 0.3 is 0 Å². The maximum Gasteiger partial charge on any atom is 0.226 e. The van der Waals surface area contributed by atoms with Crippen molar-refractivity contribution in [2.24, 2.45) is 17.3 Å². The van der Waals surface area contributed by atoms with Crippen LogP contribution in [0.1, 0.15) is 61.7 Å². The lowest BCUT2D eigenvalue weighted by molar-refractivity contribution is -0.157. The molecule has 0 aliphatic heterocycles. The molecule has 0 aromatic carbocycles. The minimum absolute atomic E-state index is 0.0254.